The summed E-state index contributed by atoms with van der Waals surface area (Å²) in [7, 11) is 0. The third-order valence-electron chi connectivity index (χ3n) is 7.49. The summed E-state index contributed by atoms with van der Waals surface area (Å²) in [4.78, 5) is 17.3. The average Bonchev–Trinajstić information content (AvgIpc) is 3.09. The second-order valence-corrected chi connectivity index (χ2v) is 9.77. The Labute approximate surface area is 172 Å². The molecule has 4 aliphatic carbocycles. The smallest absolute Gasteiger partial charge is 0.237 e. The van der Waals surface area contributed by atoms with Gasteiger partial charge in [0.25, 0.3) is 0 Å². The molecule has 0 aromatic rings. The number of nitrogens with zero attached hydrogens (tertiary/aromatic N) is 5. The largest absolute Gasteiger partial charge is 0.375 e. The first kappa shape index (κ1) is 20.5. The third-order valence-corrected chi connectivity index (χ3v) is 7.49. The van der Waals surface area contributed by atoms with Crippen LogP contribution in [0.1, 0.15) is 64.7 Å². The summed E-state index contributed by atoms with van der Waals surface area (Å²) in [5.74, 6) is 1.31. The molecular weight excluding hydrogens is 368 g/mol. The zero-order valence-electron chi connectivity index (χ0n) is 17.3. The molecule has 4 saturated carbocycles. The van der Waals surface area contributed by atoms with Crippen molar-refractivity contribution in [1.82, 2.24) is 10.2 Å². The number of carbonyl (C=O) groups excluding carboxylic acids is 1. The molecule has 5 aliphatic rings. The van der Waals surface area contributed by atoms with Crippen molar-refractivity contribution in [3.63, 3.8) is 0 Å². The van der Waals surface area contributed by atoms with Crippen LogP contribution in [0.3, 0.4) is 0 Å². The second-order valence-electron chi connectivity index (χ2n) is 9.77. The highest BCUT2D eigenvalue weighted by atomic mass is 16.5. The van der Waals surface area contributed by atoms with Crippen molar-refractivity contribution in [2.24, 2.45) is 17.0 Å². The minimum Gasteiger partial charge on any atom is -0.375 e. The summed E-state index contributed by atoms with van der Waals surface area (Å²) in [5.41, 5.74) is 8.63. The van der Waals surface area contributed by atoms with Crippen LogP contribution in [0.5, 0.6) is 0 Å². The summed E-state index contributed by atoms with van der Waals surface area (Å²) >= 11 is 0. The Morgan fingerprint density at radius 3 is 2.76 bits per heavy atom. The minimum atomic E-state index is -0.500. The fraction of sp³-hybridized carbons (Fsp3) is 0.905. The van der Waals surface area contributed by atoms with Crippen LogP contribution in [0.25, 0.3) is 10.4 Å². The number of nitriles is 1. The Bertz CT molecular complexity index is 713. The van der Waals surface area contributed by atoms with Gasteiger partial charge in [0.2, 0.25) is 5.91 Å². The number of carbonyl (C=O) groups is 1. The van der Waals surface area contributed by atoms with E-state index >= 15 is 0 Å². The highest BCUT2D eigenvalue weighted by Gasteiger charge is 2.58. The summed E-state index contributed by atoms with van der Waals surface area (Å²) < 4.78 is 6.46. The molecular formula is C21H32N6O2. The highest BCUT2D eigenvalue weighted by molar-refractivity contribution is 5.79. The van der Waals surface area contributed by atoms with Crippen LogP contribution in [0.4, 0.5) is 0 Å². The van der Waals surface area contributed by atoms with Gasteiger partial charge in [0.05, 0.1) is 24.3 Å². The quantitative estimate of drug-likeness (QED) is 0.291. The van der Waals surface area contributed by atoms with Crippen molar-refractivity contribution < 1.29 is 9.53 Å². The van der Waals surface area contributed by atoms with E-state index in [1.54, 1.807) is 4.90 Å². The Morgan fingerprint density at radius 2 is 2.10 bits per heavy atom. The Kier molecular flexibility index (Phi) is 5.74. The fourth-order valence-electron chi connectivity index (χ4n) is 6.72. The van der Waals surface area contributed by atoms with Crippen LogP contribution in [-0.4, -0.2) is 53.7 Å². The van der Waals surface area contributed by atoms with E-state index in [4.69, 9.17) is 10.3 Å². The summed E-state index contributed by atoms with van der Waals surface area (Å²) in [6.07, 6.45) is 9.55. The lowest BCUT2D eigenvalue weighted by Gasteiger charge is -2.62. The van der Waals surface area contributed by atoms with Gasteiger partial charge in [-0.1, -0.05) is 18.5 Å². The van der Waals surface area contributed by atoms with Crippen molar-refractivity contribution in [2.45, 2.75) is 87.9 Å². The minimum absolute atomic E-state index is 0.00919. The molecule has 5 fully saturated rings. The van der Waals surface area contributed by atoms with Gasteiger partial charge in [-0.15, -0.1) is 0 Å². The van der Waals surface area contributed by atoms with E-state index in [1.165, 1.54) is 19.3 Å². The third kappa shape index (κ3) is 4.09. The lowest BCUT2D eigenvalue weighted by molar-refractivity contribution is -0.176. The first-order valence-corrected chi connectivity index (χ1v) is 11.1. The van der Waals surface area contributed by atoms with Gasteiger partial charge in [-0.3, -0.25) is 4.79 Å². The van der Waals surface area contributed by atoms with E-state index in [9.17, 15) is 10.1 Å². The van der Waals surface area contributed by atoms with Crippen LogP contribution in [0.2, 0.25) is 0 Å². The topological polar surface area (TPSA) is 114 Å². The van der Waals surface area contributed by atoms with E-state index in [2.05, 4.69) is 28.3 Å². The number of amides is 1. The number of hydrogen-bond acceptors (Lipinski definition) is 5. The van der Waals surface area contributed by atoms with E-state index in [-0.39, 0.29) is 29.6 Å². The average molecular weight is 401 g/mol. The van der Waals surface area contributed by atoms with E-state index in [0.29, 0.717) is 24.8 Å². The standard InChI is InChI=1S/C21H32N6O2/c1-2-3-4-29-21-9-15-5-16(10-21)8-20(7-15,14-21)24-12-19(28)27-13-17(25-26-23)6-18(27)11-22/h15-18,24H,2-10,12-14H2,1H3/t15?,16?,17-,18-,20?,21?/m0/s1. The van der Waals surface area contributed by atoms with Gasteiger partial charge in [-0.05, 0) is 68.7 Å². The predicted molar refractivity (Wildman–Crippen MR) is 108 cm³/mol. The Hall–Kier alpha value is -1.81. The number of likely N-dealkylation sites (tertiary alicyclic amines) is 1. The maximum Gasteiger partial charge on any atom is 0.237 e. The van der Waals surface area contributed by atoms with Crippen LogP contribution in [0, 0.1) is 23.2 Å². The van der Waals surface area contributed by atoms with Gasteiger partial charge in [0.15, 0.2) is 0 Å². The molecule has 29 heavy (non-hydrogen) atoms. The van der Waals surface area contributed by atoms with E-state index in [0.717, 1.165) is 38.7 Å². The Morgan fingerprint density at radius 1 is 1.34 bits per heavy atom. The fourth-order valence-corrected chi connectivity index (χ4v) is 6.72. The lowest BCUT2D eigenvalue weighted by Crippen LogP contribution is -2.66. The second kappa shape index (κ2) is 8.14. The van der Waals surface area contributed by atoms with Gasteiger partial charge >= 0.3 is 0 Å². The summed E-state index contributed by atoms with van der Waals surface area (Å²) in [5, 5.41) is 16.7. The van der Waals surface area contributed by atoms with Crippen molar-refractivity contribution >= 4 is 5.91 Å². The molecule has 8 nitrogen and oxygen atoms in total. The van der Waals surface area contributed by atoms with Crippen LogP contribution in [0.15, 0.2) is 5.11 Å². The van der Waals surface area contributed by atoms with Crippen LogP contribution < -0.4 is 5.32 Å². The maximum absolute atomic E-state index is 12.9. The number of rotatable bonds is 8. The van der Waals surface area contributed by atoms with Crippen LogP contribution in [-0.2, 0) is 9.53 Å². The molecule has 5 rings (SSSR count). The molecule has 1 amide bonds. The van der Waals surface area contributed by atoms with Crippen LogP contribution >= 0.6 is 0 Å². The normalized spacial score (nSPS) is 39.9. The molecule has 1 aliphatic heterocycles. The number of ether oxygens (including phenoxy) is 1. The molecule has 1 N–H and O–H groups in total. The molecule has 4 bridgehead atoms. The van der Waals surface area contributed by atoms with E-state index < -0.39 is 6.04 Å². The zero-order valence-corrected chi connectivity index (χ0v) is 17.3. The Balaban J connectivity index is 1.39. The zero-order chi connectivity index (χ0) is 20.5. The van der Waals surface area contributed by atoms with Crippen molar-refractivity contribution in [3.05, 3.63) is 10.4 Å². The summed E-state index contributed by atoms with van der Waals surface area (Å²) in [6.45, 7) is 3.61. The first-order valence-electron chi connectivity index (χ1n) is 11.1. The van der Waals surface area contributed by atoms with Gasteiger partial charge in [-0.25, -0.2) is 0 Å². The molecule has 1 saturated heterocycles. The highest BCUT2D eigenvalue weighted by Crippen LogP contribution is 2.58. The van der Waals surface area contributed by atoms with Gasteiger partial charge in [-0.2, -0.15) is 5.26 Å². The lowest BCUT2D eigenvalue weighted by atomic mass is 9.51. The van der Waals surface area contributed by atoms with E-state index in [1.807, 2.05) is 0 Å². The van der Waals surface area contributed by atoms with Crippen molar-refractivity contribution in [2.75, 3.05) is 19.7 Å². The molecule has 4 atom stereocenters. The molecule has 1 heterocycles. The molecule has 2 unspecified atom stereocenters. The number of unbranched alkanes of at least 4 members (excludes halogenated alkanes) is 1. The van der Waals surface area contributed by atoms with Gasteiger partial charge < -0.3 is 15.0 Å². The molecule has 8 heteroatoms. The first-order chi connectivity index (χ1) is 14.0. The van der Waals surface area contributed by atoms with Crippen molar-refractivity contribution in [1.29, 1.82) is 5.26 Å². The SMILES string of the molecule is CCCCOC12CC3CC(CC(NCC(=O)N4C[C@@H](N=[N+]=[N-])C[C@H]4C#N)(C3)C1)C2. The maximum atomic E-state index is 12.9. The number of azide groups is 1. The molecule has 158 valence electrons. The number of nitrogens with one attached hydrogen (secondary N) is 1. The molecule has 0 aromatic heterocycles. The molecule has 0 radical (unpaired) electrons. The summed E-state index contributed by atoms with van der Waals surface area (Å²) in [6, 6.07) is 1.38. The monoisotopic (exact) mass is 400 g/mol. The number of hydrogen-bond donors (Lipinski definition) is 1. The van der Waals surface area contributed by atoms with Crippen molar-refractivity contribution in [3.8, 4) is 6.07 Å². The predicted octanol–water partition coefficient (Wildman–Crippen LogP) is 3.29. The molecule has 0 spiro atoms. The molecule has 0 aromatic carbocycles. The van der Waals surface area contributed by atoms with Gasteiger partial charge in [0, 0.05) is 23.6 Å². The van der Waals surface area contributed by atoms with Gasteiger partial charge in [0.1, 0.15) is 6.04 Å².